The van der Waals surface area contributed by atoms with Crippen LogP contribution in [0.4, 0.5) is 0 Å². The summed E-state index contributed by atoms with van der Waals surface area (Å²) in [5.41, 5.74) is 0. The molecule has 0 aliphatic heterocycles. The van der Waals surface area contributed by atoms with Crippen molar-refractivity contribution >= 4 is 0 Å². The Bertz CT molecular complexity index is 237. The van der Waals surface area contributed by atoms with Crippen LogP contribution in [-0.2, 0) is 0 Å². The number of likely N-dealkylation sites (N-methyl/N-ethyl adjacent to an activating group) is 1. The number of nitrogens with zero attached hydrogens (tertiary/aromatic N) is 1. The molecule has 1 fully saturated rings. The Hall–Kier alpha value is -0.0800. The Kier molecular flexibility index (Phi) is 7.38. The molecule has 3 unspecified atom stereocenters. The van der Waals surface area contributed by atoms with E-state index in [-0.39, 0.29) is 0 Å². The predicted molar refractivity (Wildman–Crippen MR) is 85.6 cm³/mol. The molecule has 1 aliphatic rings. The Labute approximate surface area is 121 Å². The molecule has 0 heterocycles. The second kappa shape index (κ2) is 8.26. The lowest BCUT2D eigenvalue weighted by atomic mass is 9.76. The summed E-state index contributed by atoms with van der Waals surface area (Å²) in [7, 11) is 0. The quantitative estimate of drug-likeness (QED) is 0.753. The predicted octanol–water partition coefficient (Wildman–Crippen LogP) is 3.91. The van der Waals surface area contributed by atoms with Crippen LogP contribution in [0.5, 0.6) is 0 Å². The highest BCUT2D eigenvalue weighted by Gasteiger charge is 2.35. The zero-order valence-corrected chi connectivity index (χ0v) is 14.1. The van der Waals surface area contributed by atoms with E-state index >= 15 is 0 Å². The van der Waals surface area contributed by atoms with Crippen LogP contribution in [-0.4, -0.2) is 36.1 Å². The molecule has 2 nitrogen and oxygen atoms in total. The maximum atomic E-state index is 3.81. The molecule has 2 heteroatoms. The monoisotopic (exact) mass is 268 g/mol. The van der Waals surface area contributed by atoms with Gasteiger partial charge in [0, 0.05) is 18.1 Å². The number of hydrogen-bond donors (Lipinski definition) is 1. The minimum absolute atomic E-state index is 0.659. The van der Waals surface area contributed by atoms with Gasteiger partial charge in [0.15, 0.2) is 0 Å². The van der Waals surface area contributed by atoms with Gasteiger partial charge >= 0.3 is 0 Å². The van der Waals surface area contributed by atoms with E-state index in [0.29, 0.717) is 12.1 Å². The van der Waals surface area contributed by atoms with Gasteiger partial charge in [-0.05, 0) is 64.5 Å². The minimum atomic E-state index is 0.659. The lowest BCUT2D eigenvalue weighted by Gasteiger charge is -2.45. The highest BCUT2D eigenvalue weighted by molar-refractivity contribution is 4.92. The van der Waals surface area contributed by atoms with Gasteiger partial charge < -0.3 is 5.32 Å². The molecule has 0 radical (unpaired) electrons. The Morgan fingerprint density at radius 2 is 1.79 bits per heavy atom. The molecule has 0 aromatic rings. The first kappa shape index (κ1) is 17.0. The SMILES string of the molecule is CCCNC1CCC(C(C)C)CC1N(CC)C(C)C. The van der Waals surface area contributed by atoms with Gasteiger partial charge in [0.05, 0.1) is 0 Å². The fourth-order valence-corrected chi connectivity index (χ4v) is 3.70. The molecule has 0 spiro atoms. The fourth-order valence-electron chi connectivity index (χ4n) is 3.70. The van der Waals surface area contributed by atoms with Crippen LogP contribution >= 0.6 is 0 Å². The molecule has 19 heavy (non-hydrogen) atoms. The van der Waals surface area contributed by atoms with E-state index in [1.807, 2.05) is 0 Å². The van der Waals surface area contributed by atoms with Gasteiger partial charge in [0.1, 0.15) is 0 Å². The van der Waals surface area contributed by atoms with E-state index in [1.165, 1.54) is 38.8 Å². The molecule has 3 atom stereocenters. The van der Waals surface area contributed by atoms with E-state index in [4.69, 9.17) is 0 Å². The van der Waals surface area contributed by atoms with E-state index in [0.717, 1.165) is 17.9 Å². The van der Waals surface area contributed by atoms with Gasteiger partial charge in [-0.2, -0.15) is 0 Å². The molecule has 0 amide bonds. The minimum Gasteiger partial charge on any atom is -0.312 e. The molecule has 0 bridgehead atoms. The Morgan fingerprint density at radius 3 is 2.26 bits per heavy atom. The van der Waals surface area contributed by atoms with Gasteiger partial charge in [-0.15, -0.1) is 0 Å². The second-order valence-electron chi connectivity index (χ2n) is 6.87. The average molecular weight is 268 g/mol. The molecule has 1 rings (SSSR count). The van der Waals surface area contributed by atoms with Crippen molar-refractivity contribution in [3.63, 3.8) is 0 Å². The summed E-state index contributed by atoms with van der Waals surface area (Å²) in [5.74, 6) is 1.75. The molecule has 0 aromatic carbocycles. The van der Waals surface area contributed by atoms with Crippen LogP contribution in [0.25, 0.3) is 0 Å². The van der Waals surface area contributed by atoms with Gasteiger partial charge in [0.25, 0.3) is 0 Å². The highest BCUT2D eigenvalue weighted by Crippen LogP contribution is 2.33. The van der Waals surface area contributed by atoms with Gasteiger partial charge in [-0.3, -0.25) is 4.90 Å². The maximum absolute atomic E-state index is 3.81. The van der Waals surface area contributed by atoms with E-state index < -0.39 is 0 Å². The molecule has 0 saturated heterocycles. The van der Waals surface area contributed by atoms with Crippen LogP contribution in [0.1, 0.15) is 67.2 Å². The summed E-state index contributed by atoms with van der Waals surface area (Å²) in [4.78, 5) is 2.71. The standard InChI is InChI=1S/C17H36N2/c1-7-11-18-16-10-9-15(13(3)4)12-17(16)19(8-2)14(5)6/h13-18H,7-12H2,1-6H3. The van der Waals surface area contributed by atoms with Crippen molar-refractivity contribution in [2.75, 3.05) is 13.1 Å². The normalized spacial score (nSPS) is 28.6. The van der Waals surface area contributed by atoms with E-state index in [2.05, 4.69) is 51.8 Å². The number of hydrogen-bond acceptors (Lipinski definition) is 2. The topological polar surface area (TPSA) is 15.3 Å². The third kappa shape index (κ3) is 4.75. The average Bonchev–Trinajstić information content (AvgIpc) is 2.37. The largest absolute Gasteiger partial charge is 0.312 e. The second-order valence-corrected chi connectivity index (χ2v) is 6.87. The molecular weight excluding hydrogens is 232 g/mol. The molecule has 0 aromatic heterocycles. The summed E-state index contributed by atoms with van der Waals surface area (Å²) in [6.07, 6.45) is 5.39. The van der Waals surface area contributed by atoms with Crippen molar-refractivity contribution in [2.24, 2.45) is 11.8 Å². The zero-order valence-electron chi connectivity index (χ0n) is 14.1. The first-order valence-electron chi connectivity index (χ1n) is 8.50. The summed E-state index contributed by atoms with van der Waals surface area (Å²) >= 11 is 0. The maximum Gasteiger partial charge on any atom is 0.0254 e. The van der Waals surface area contributed by atoms with Gasteiger partial charge in [-0.25, -0.2) is 0 Å². The fraction of sp³-hybridized carbons (Fsp3) is 1.00. The van der Waals surface area contributed by atoms with Gasteiger partial charge in [-0.1, -0.05) is 27.7 Å². The Morgan fingerprint density at radius 1 is 1.11 bits per heavy atom. The van der Waals surface area contributed by atoms with Crippen LogP contribution in [0.15, 0.2) is 0 Å². The molecule has 1 aliphatic carbocycles. The Balaban J connectivity index is 2.74. The summed E-state index contributed by atoms with van der Waals surface area (Å²) in [6, 6.07) is 2.10. The summed E-state index contributed by atoms with van der Waals surface area (Å²) in [6.45, 7) is 16.4. The third-order valence-electron chi connectivity index (χ3n) is 4.91. The smallest absolute Gasteiger partial charge is 0.0254 e. The van der Waals surface area contributed by atoms with Crippen molar-refractivity contribution in [1.82, 2.24) is 10.2 Å². The van der Waals surface area contributed by atoms with Crippen molar-refractivity contribution < 1.29 is 0 Å². The number of rotatable bonds is 7. The highest BCUT2D eigenvalue weighted by atomic mass is 15.2. The van der Waals surface area contributed by atoms with Crippen LogP contribution in [0, 0.1) is 11.8 Å². The lowest BCUT2D eigenvalue weighted by Crippen LogP contribution is -2.55. The van der Waals surface area contributed by atoms with Crippen LogP contribution in [0.2, 0.25) is 0 Å². The van der Waals surface area contributed by atoms with Crippen molar-refractivity contribution in [1.29, 1.82) is 0 Å². The van der Waals surface area contributed by atoms with Crippen molar-refractivity contribution in [2.45, 2.75) is 85.4 Å². The third-order valence-corrected chi connectivity index (χ3v) is 4.91. The van der Waals surface area contributed by atoms with Crippen LogP contribution in [0.3, 0.4) is 0 Å². The van der Waals surface area contributed by atoms with Gasteiger partial charge in [0.2, 0.25) is 0 Å². The van der Waals surface area contributed by atoms with Crippen LogP contribution < -0.4 is 5.32 Å². The number of nitrogens with one attached hydrogen (secondary N) is 1. The lowest BCUT2D eigenvalue weighted by molar-refractivity contribution is 0.0647. The summed E-state index contributed by atoms with van der Waals surface area (Å²) < 4.78 is 0. The molecule has 1 saturated carbocycles. The first-order valence-corrected chi connectivity index (χ1v) is 8.50. The summed E-state index contributed by atoms with van der Waals surface area (Å²) in [5, 5.41) is 3.81. The molecule has 114 valence electrons. The zero-order chi connectivity index (χ0) is 14.4. The van der Waals surface area contributed by atoms with Crippen molar-refractivity contribution in [3.8, 4) is 0 Å². The van der Waals surface area contributed by atoms with E-state index in [9.17, 15) is 0 Å². The molecule has 1 N–H and O–H groups in total. The molecular formula is C17H36N2. The first-order chi connectivity index (χ1) is 9.01. The van der Waals surface area contributed by atoms with E-state index in [1.54, 1.807) is 0 Å². The van der Waals surface area contributed by atoms with Crippen molar-refractivity contribution in [3.05, 3.63) is 0 Å².